The summed E-state index contributed by atoms with van der Waals surface area (Å²) in [6, 6.07) is 9.17. The topological polar surface area (TPSA) is 49.8 Å². The number of hydrogen-bond donors (Lipinski definition) is 1. The molecule has 2 aromatic rings. The van der Waals surface area contributed by atoms with Gasteiger partial charge in [-0.05, 0) is 100 Å². The number of ether oxygens (including phenoxy) is 1. The summed E-state index contributed by atoms with van der Waals surface area (Å²) in [5.74, 6) is -0.139. The van der Waals surface area contributed by atoms with Gasteiger partial charge in [-0.25, -0.2) is 4.79 Å². The average Bonchev–Trinajstić information content (AvgIpc) is 2.84. The fraction of sp³-hybridized carbons (Fsp3) is 0.594. The van der Waals surface area contributed by atoms with Crippen LogP contribution in [0.2, 0.25) is 0 Å². The van der Waals surface area contributed by atoms with E-state index in [1.807, 2.05) is 20.8 Å². The summed E-state index contributed by atoms with van der Waals surface area (Å²) in [4.78, 5) is 15.4. The molecule has 2 aliphatic rings. The number of nitrogens with zero attached hydrogens (tertiary/aromatic N) is 1. The van der Waals surface area contributed by atoms with Crippen molar-refractivity contribution in [2.24, 2.45) is 5.92 Å². The van der Waals surface area contributed by atoms with Crippen molar-refractivity contribution in [2.75, 3.05) is 6.54 Å². The van der Waals surface area contributed by atoms with Crippen molar-refractivity contribution in [3.05, 3.63) is 57.6 Å². The zero-order chi connectivity index (χ0) is 26.2. The third kappa shape index (κ3) is 5.40. The van der Waals surface area contributed by atoms with E-state index in [2.05, 4.69) is 56.9 Å². The molecule has 1 N–H and O–H groups in total. The fourth-order valence-corrected chi connectivity index (χ4v) is 6.68. The van der Waals surface area contributed by atoms with Crippen molar-refractivity contribution in [1.29, 1.82) is 0 Å². The van der Waals surface area contributed by atoms with Crippen LogP contribution < -0.4 is 0 Å². The number of rotatable bonds is 6. The number of carbonyl (C=O) groups is 1. The van der Waals surface area contributed by atoms with Crippen molar-refractivity contribution >= 4 is 5.97 Å². The van der Waals surface area contributed by atoms with Gasteiger partial charge in [-0.3, -0.25) is 4.90 Å². The Morgan fingerprint density at radius 1 is 1.06 bits per heavy atom. The predicted molar refractivity (Wildman–Crippen MR) is 147 cm³/mol. The minimum absolute atomic E-state index is 0.573. The van der Waals surface area contributed by atoms with Crippen LogP contribution in [0.3, 0.4) is 0 Å². The Balaban J connectivity index is 1.88. The van der Waals surface area contributed by atoms with E-state index >= 15 is 0 Å². The highest BCUT2D eigenvalue weighted by molar-refractivity contribution is 5.84. The summed E-state index contributed by atoms with van der Waals surface area (Å²) >= 11 is 0. The summed E-state index contributed by atoms with van der Waals surface area (Å²) in [5.41, 5.74) is 8.61. The highest BCUT2D eigenvalue weighted by Crippen LogP contribution is 2.44. The first-order valence-corrected chi connectivity index (χ1v) is 13.9. The molecule has 2 unspecified atom stereocenters. The lowest BCUT2D eigenvalue weighted by Crippen LogP contribution is -2.45. The van der Waals surface area contributed by atoms with Gasteiger partial charge in [-0.15, -0.1) is 0 Å². The zero-order valence-electron chi connectivity index (χ0n) is 23.4. The first-order chi connectivity index (χ1) is 17.0. The second-order valence-corrected chi connectivity index (χ2v) is 12.1. The van der Waals surface area contributed by atoms with Crippen LogP contribution >= 0.6 is 0 Å². The van der Waals surface area contributed by atoms with Crippen LogP contribution in [0.5, 0.6) is 0 Å². The predicted octanol–water partition coefficient (Wildman–Crippen LogP) is 7.55. The van der Waals surface area contributed by atoms with Gasteiger partial charge in [-0.2, -0.15) is 0 Å². The van der Waals surface area contributed by atoms with E-state index in [1.54, 1.807) is 0 Å². The molecular formula is C32H45NO3. The van der Waals surface area contributed by atoms with Crippen molar-refractivity contribution < 1.29 is 14.6 Å². The van der Waals surface area contributed by atoms with Crippen LogP contribution in [0.15, 0.2) is 24.3 Å². The quantitative estimate of drug-likeness (QED) is 0.453. The van der Waals surface area contributed by atoms with Gasteiger partial charge in [0.25, 0.3) is 0 Å². The Kier molecular flexibility index (Phi) is 7.97. The van der Waals surface area contributed by atoms with Gasteiger partial charge in [0, 0.05) is 24.7 Å². The maximum absolute atomic E-state index is 12.6. The monoisotopic (exact) mass is 491 g/mol. The molecule has 4 nitrogen and oxygen atoms in total. The molecule has 1 aliphatic carbocycles. The highest BCUT2D eigenvalue weighted by atomic mass is 16.5. The Morgan fingerprint density at radius 3 is 2.33 bits per heavy atom. The maximum atomic E-state index is 12.6. The largest absolute Gasteiger partial charge is 0.479 e. The van der Waals surface area contributed by atoms with E-state index in [1.165, 1.54) is 54.4 Å². The summed E-state index contributed by atoms with van der Waals surface area (Å²) in [6.45, 7) is 16.6. The lowest BCUT2D eigenvalue weighted by atomic mass is 9.78. The number of carboxylic acids is 1. The Hall–Kier alpha value is -2.17. The van der Waals surface area contributed by atoms with Gasteiger partial charge in [-0.1, -0.05) is 56.0 Å². The molecular weight excluding hydrogens is 446 g/mol. The molecule has 1 heterocycles. The summed E-state index contributed by atoms with van der Waals surface area (Å²) in [5, 5.41) is 10.4. The maximum Gasteiger partial charge on any atom is 0.337 e. The van der Waals surface area contributed by atoms with Crippen LogP contribution in [0, 0.1) is 26.7 Å². The number of fused-ring (bicyclic) bond motifs is 1. The fourth-order valence-electron chi connectivity index (χ4n) is 6.68. The zero-order valence-corrected chi connectivity index (χ0v) is 23.4. The Morgan fingerprint density at radius 2 is 1.72 bits per heavy atom. The van der Waals surface area contributed by atoms with E-state index in [0.29, 0.717) is 6.04 Å². The molecule has 1 saturated carbocycles. The van der Waals surface area contributed by atoms with Gasteiger partial charge < -0.3 is 9.84 Å². The molecule has 1 fully saturated rings. The normalized spacial score (nSPS) is 21.8. The van der Waals surface area contributed by atoms with E-state index in [9.17, 15) is 9.90 Å². The standard InChI is InChI=1S/C32H45NO3/c1-8-23-11-9-10-12-27(23)33-18-17-25-21(3)29(30(31(34)35)36-32(5,6)7)28(22(4)26(25)19-33)24-15-13-20(2)14-16-24/h13-16,23,27,30H,8-12,17-19H2,1-7H3,(H,34,35)/t23?,27?,30-/m0/s1. The van der Waals surface area contributed by atoms with Crippen LogP contribution in [0.1, 0.15) is 99.3 Å². The molecule has 4 heteroatoms. The molecule has 0 spiro atoms. The molecule has 1 aliphatic heterocycles. The lowest BCUT2D eigenvalue weighted by molar-refractivity contribution is -0.160. The van der Waals surface area contributed by atoms with Gasteiger partial charge >= 0.3 is 5.97 Å². The van der Waals surface area contributed by atoms with E-state index in [4.69, 9.17) is 4.74 Å². The number of hydrogen-bond acceptors (Lipinski definition) is 3. The van der Waals surface area contributed by atoms with Crippen molar-refractivity contribution in [3.8, 4) is 11.1 Å². The first kappa shape index (κ1) is 26.9. The summed E-state index contributed by atoms with van der Waals surface area (Å²) in [7, 11) is 0. The van der Waals surface area contributed by atoms with Gasteiger partial charge in [0.2, 0.25) is 0 Å². The molecule has 0 radical (unpaired) electrons. The smallest absolute Gasteiger partial charge is 0.337 e. The molecule has 0 amide bonds. The second-order valence-electron chi connectivity index (χ2n) is 12.1. The van der Waals surface area contributed by atoms with Crippen molar-refractivity contribution in [1.82, 2.24) is 4.90 Å². The summed E-state index contributed by atoms with van der Waals surface area (Å²) in [6.07, 6.45) is 6.56. The second kappa shape index (κ2) is 10.7. The minimum Gasteiger partial charge on any atom is -0.479 e. The van der Waals surface area contributed by atoms with Gasteiger partial charge in [0.1, 0.15) is 0 Å². The molecule has 2 aromatic carbocycles. The van der Waals surface area contributed by atoms with Crippen LogP contribution in [-0.2, 0) is 22.5 Å². The Labute approximate surface area is 218 Å². The Bertz CT molecular complexity index is 1100. The average molecular weight is 492 g/mol. The highest BCUT2D eigenvalue weighted by Gasteiger charge is 2.36. The first-order valence-electron chi connectivity index (χ1n) is 13.9. The van der Waals surface area contributed by atoms with Crippen molar-refractivity contribution in [2.45, 2.75) is 111 Å². The van der Waals surface area contributed by atoms with E-state index in [-0.39, 0.29) is 0 Å². The molecule has 0 aromatic heterocycles. The van der Waals surface area contributed by atoms with Crippen molar-refractivity contribution in [3.63, 3.8) is 0 Å². The van der Waals surface area contributed by atoms with Gasteiger partial charge in [0.05, 0.1) is 5.60 Å². The van der Waals surface area contributed by atoms with E-state index in [0.717, 1.165) is 47.7 Å². The molecule has 0 saturated heterocycles. The van der Waals surface area contributed by atoms with Crippen LogP contribution in [-0.4, -0.2) is 34.2 Å². The number of aliphatic carboxylic acids is 1. The number of benzene rings is 2. The third-order valence-electron chi connectivity index (χ3n) is 8.49. The third-order valence-corrected chi connectivity index (χ3v) is 8.49. The molecule has 196 valence electrons. The molecule has 0 bridgehead atoms. The summed E-state index contributed by atoms with van der Waals surface area (Å²) < 4.78 is 6.23. The van der Waals surface area contributed by atoms with E-state index < -0.39 is 17.7 Å². The van der Waals surface area contributed by atoms with Crippen LogP contribution in [0.4, 0.5) is 0 Å². The lowest BCUT2D eigenvalue weighted by Gasteiger charge is -2.43. The SMILES string of the molecule is CCC1CCCCC1N1CCc2c(C)c([C@H](OC(C)(C)C)C(=O)O)c(-c3ccc(C)cc3)c(C)c2C1. The van der Waals surface area contributed by atoms with Gasteiger partial charge in [0.15, 0.2) is 6.10 Å². The molecule has 4 rings (SSSR count). The minimum atomic E-state index is -1.01. The van der Waals surface area contributed by atoms with Crippen LogP contribution in [0.25, 0.3) is 11.1 Å². The molecule has 3 atom stereocenters. The number of aryl methyl sites for hydroxylation is 1. The molecule has 36 heavy (non-hydrogen) atoms. The number of carboxylic acid groups (broad SMARTS) is 1.